The van der Waals surface area contributed by atoms with Gasteiger partial charge in [-0.15, -0.1) is 11.3 Å². The zero-order valence-electron chi connectivity index (χ0n) is 16.9. The Morgan fingerprint density at radius 1 is 1.13 bits per heavy atom. The van der Waals surface area contributed by atoms with E-state index in [4.69, 9.17) is 9.72 Å². The van der Waals surface area contributed by atoms with Crippen molar-refractivity contribution in [2.75, 3.05) is 25.5 Å². The second kappa shape index (κ2) is 8.71. The van der Waals surface area contributed by atoms with Crippen LogP contribution in [0.4, 0.5) is 10.9 Å². The number of para-hydroxylation sites is 1. The fraction of sp³-hybridized carbons (Fsp3) is 0.333. The Balaban J connectivity index is 1.45. The van der Waals surface area contributed by atoms with Gasteiger partial charge in [0.15, 0.2) is 5.13 Å². The lowest BCUT2D eigenvalue weighted by Gasteiger charge is -2.31. The quantitative estimate of drug-likeness (QED) is 0.614. The first kappa shape index (κ1) is 20.8. The highest BCUT2D eigenvalue weighted by Crippen LogP contribution is 2.33. The fourth-order valence-corrected chi connectivity index (χ4v) is 5.93. The maximum Gasteiger partial charge on any atom is 0.246 e. The van der Waals surface area contributed by atoms with Gasteiger partial charge in [-0.1, -0.05) is 18.2 Å². The van der Waals surface area contributed by atoms with E-state index in [9.17, 15) is 8.42 Å². The van der Waals surface area contributed by atoms with E-state index in [-0.39, 0.29) is 10.8 Å². The van der Waals surface area contributed by atoms with E-state index in [1.807, 2.05) is 31.3 Å². The molecule has 0 radical (unpaired) electrons. The lowest BCUT2D eigenvalue weighted by atomic mass is 9.94. The smallest absolute Gasteiger partial charge is 0.246 e. The number of benzene rings is 1. The number of thiazole rings is 1. The summed E-state index contributed by atoms with van der Waals surface area (Å²) in [7, 11) is -2.10. The molecule has 1 aliphatic rings. The number of ether oxygens (including phenoxy) is 1. The third-order valence-electron chi connectivity index (χ3n) is 5.19. The number of aryl methyl sites for hydroxylation is 1. The third kappa shape index (κ3) is 4.33. The van der Waals surface area contributed by atoms with Crippen molar-refractivity contribution < 1.29 is 13.2 Å². The molecule has 0 atom stereocenters. The van der Waals surface area contributed by atoms with Crippen LogP contribution in [0.1, 0.15) is 29.3 Å². The Kier molecular flexibility index (Phi) is 6.03. The number of nitrogens with one attached hydrogen (secondary N) is 1. The van der Waals surface area contributed by atoms with Crippen LogP contribution in [-0.2, 0) is 10.0 Å². The van der Waals surface area contributed by atoms with Gasteiger partial charge in [0.1, 0.15) is 16.5 Å². The number of rotatable bonds is 6. The standard InChI is InChI=1S/C21H24N4O3S2/c1-15-14-22-21(29-15)24-20-9-5-6-17(23-20)16-10-12-25(13-11-16)30(26,27)19-8-4-3-7-18(19)28-2/h3-9,14,16H,10-13H2,1-2H3,(H,22,23,24). The molecular formula is C21H24N4O3S2. The summed E-state index contributed by atoms with van der Waals surface area (Å²) >= 11 is 1.58. The molecule has 1 fully saturated rings. The number of hydrogen-bond acceptors (Lipinski definition) is 7. The second-order valence-electron chi connectivity index (χ2n) is 7.18. The van der Waals surface area contributed by atoms with Crippen molar-refractivity contribution in [3.63, 3.8) is 0 Å². The van der Waals surface area contributed by atoms with Crippen molar-refractivity contribution in [1.29, 1.82) is 0 Å². The predicted molar refractivity (Wildman–Crippen MR) is 118 cm³/mol. The fourth-order valence-electron chi connectivity index (χ4n) is 3.63. The lowest BCUT2D eigenvalue weighted by molar-refractivity contribution is 0.315. The first-order chi connectivity index (χ1) is 14.5. The molecule has 30 heavy (non-hydrogen) atoms. The van der Waals surface area contributed by atoms with Gasteiger partial charge in [-0.25, -0.2) is 18.4 Å². The Hall–Kier alpha value is -2.49. The summed E-state index contributed by atoms with van der Waals surface area (Å²) in [6.45, 7) is 2.92. The van der Waals surface area contributed by atoms with Crippen LogP contribution in [0.25, 0.3) is 0 Å². The minimum atomic E-state index is -3.59. The average molecular weight is 445 g/mol. The van der Waals surface area contributed by atoms with Crippen molar-refractivity contribution in [3.8, 4) is 5.75 Å². The summed E-state index contributed by atoms with van der Waals surface area (Å²) < 4.78 is 33.0. The van der Waals surface area contributed by atoms with E-state index < -0.39 is 10.0 Å². The van der Waals surface area contributed by atoms with E-state index in [1.54, 1.807) is 39.9 Å². The predicted octanol–water partition coefficient (Wildman–Crippen LogP) is 4.17. The van der Waals surface area contributed by atoms with Crippen LogP contribution in [0.15, 0.2) is 53.6 Å². The molecule has 7 nitrogen and oxygen atoms in total. The zero-order valence-corrected chi connectivity index (χ0v) is 18.5. The number of sulfonamides is 1. The van der Waals surface area contributed by atoms with Crippen molar-refractivity contribution in [2.45, 2.75) is 30.6 Å². The van der Waals surface area contributed by atoms with Crippen molar-refractivity contribution >= 4 is 32.3 Å². The van der Waals surface area contributed by atoms with E-state index >= 15 is 0 Å². The topological polar surface area (TPSA) is 84.4 Å². The van der Waals surface area contributed by atoms with Crippen LogP contribution >= 0.6 is 11.3 Å². The van der Waals surface area contributed by atoms with Gasteiger partial charge in [-0.3, -0.25) is 0 Å². The van der Waals surface area contributed by atoms with Crippen LogP contribution in [0.5, 0.6) is 5.75 Å². The molecule has 0 saturated carbocycles. The maximum atomic E-state index is 13.1. The molecule has 2 aromatic heterocycles. The number of aromatic nitrogens is 2. The first-order valence-corrected chi connectivity index (χ1v) is 12.0. The van der Waals surface area contributed by atoms with Crippen LogP contribution in [0.2, 0.25) is 0 Å². The largest absolute Gasteiger partial charge is 0.495 e. The maximum absolute atomic E-state index is 13.1. The highest BCUT2D eigenvalue weighted by Gasteiger charge is 2.32. The summed E-state index contributed by atoms with van der Waals surface area (Å²) in [6, 6.07) is 12.7. The average Bonchev–Trinajstić information content (AvgIpc) is 3.18. The van der Waals surface area contributed by atoms with Gasteiger partial charge in [0.25, 0.3) is 0 Å². The van der Waals surface area contributed by atoms with E-state index in [0.717, 1.165) is 34.4 Å². The summed E-state index contributed by atoms with van der Waals surface area (Å²) in [6.07, 6.45) is 3.27. The molecule has 1 aromatic carbocycles. The van der Waals surface area contributed by atoms with Crippen molar-refractivity contribution in [3.05, 3.63) is 59.2 Å². The Morgan fingerprint density at radius 2 is 1.90 bits per heavy atom. The van der Waals surface area contributed by atoms with Crippen LogP contribution in [0.3, 0.4) is 0 Å². The Morgan fingerprint density at radius 3 is 2.60 bits per heavy atom. The molecule has 1 saturated heterocycles. The number of methoxy groups -OCH3 is 1. The Bertz CT molecular complexity index is 1120. The van der Waals surface area contributed by atoms with Crippen molar-refractivity contribution in [2.24, 2.45) is 0 Å². The highest BCUT2D eigenvalue weighted by atomic mass is 32.2. The summed E-state index contributed by atoms with van der Waals surface area (Å²) in [5.41, 5.74) is 0.975. The van der Waals surface area contributed by atoms with E-state index in [2.05, 4.69) is 10.3 Å². The van der Waals surface area contributed by atoms with Gasteiger partial charge in [-0.05, 0) is 44.0 Å². The van der Waals surface area contributed by atoms with Gasteiger partial charge in [0.2, 0.25) is 10.0 Å². The molecule has 158 valence electrons. The molecule has 0 spiro atoms. The van der Waals surface area contributed by atoms with Crippen LogP contribution in [-0.4, -0.2) is 42.9 Å². The van der Waals surface area contributed by atoms with E-state index in [0.29, 0.717) is 18.8 Å². The minimum Gasteiger partial charge on any atom is -0.495 e. The molecule has 4 rings (SSSR count). The molecule has 0 unspecified atom stereocenters. The second-order valence-corrected chi connectivity index (χ2v) is 10.3. The van der Waals surface area contributed by atoms with Gasteiger partial charge < -0.3 is 10.1 Å². The molecule has 0 bridgehead atoms. The third-order valence-corrected chi connectivity index (χ3v) is 7.95. The molecular weight excluding hydrogens is 420 g/mol. The summed E-state index contributed by atoms with van der Waals surface area (Å²) in [5, 5.41) is 4.06. The number of hydrogen-bond donors (Lipinski definition) is 1. The number of anilines is 2. The molecule has 0 amide bonds. The monoisotopic (exact) mass is 444 g/mol. The van der Waals surface area contributed by atoms with E-state index in [1.165, 1.54) is 7.11 Å². The molecule has 1 N–H and O–H groups in total. The summed E-state index contributed by atoms with van der Waals surface area (Å²) in [5.74, 6) is 1.34. The molecule has 1 aliphatic heterocycles. The van der Waals surface area contributed by atoms with Gasteiger partial charge >= 0.3 is 0 Å². The number of piperidine rings is 1. The normalized spacial score (nSPS) is 15.8. The highest BCUT2D eigenvalue weighted by molar-refractivity contribution is 7.89. The van der Waals surface area contributed by atoms with Gasteiger partial charge in [0.05, 0.1) is 7.11 Å². The SMILES string of the molecule is COc1ccccc1S(=O)(=O)N1CCC(c2cccc(Nc3ncc(C)s3)n2)CC1. The zero-order chi connectivity index (χ0) is 21.1. The van der Waals surface area contributed by atoms with Crippen molar-refractivity contribution in [1.82, 2.24) is 14.3 Å². The minimum absolute atomic E-state index is 0.217. The lowest BCUT2D eigenvalue weighted by Crippen LogP contribution is -2.38. The van der Waals surface area contributed by atoms with Gasteiger partial charge in [0, 0.05) is 35.8 Å². The molecule has 0 aliphatic carbocycles. The molecule has 9 heteroatoms. The van der Waals surface area contributed by atoms with Crippen LogP contribution in [0, 0.1) is 6.92 Å². The Labute approximate surface area is 180 Å². The number of pyridine rings is 1. The molecule has 3 aromatic rings. The summed E-state index contributed by atoms with van der Waals surface area (Å²) in [4.78, 5) is 10.4. The first-order valence-electron chi connectivity index (χ1n) is 9.77. The van der Waals surface area contributed by atoms with Gasteiger partial charge in [-0.2, -0.15) is 4.31 Å². The van der Waals surface area contributed by atoms with Crippen LogP contribution < -0.4 is 10.1 Å². The molecule has 3 heterocycles. The number of nitrogens with zero attached hydrogens (tertiary/aromatic N) is 3.